The van der Waals surface area contributed by atoms with Crippen LogP contribution in [0.2, 0.25) is 0 Å². The number of imidazole rings is 1. The van der Waals surface area contributed by atoms with Crippen molar-refractivity contribution >= 4 is 11.0 Å². The third kappa shape index (κ3) is 4.21. The zero-order chi connectivity index (χ0) is 22.4. The highest BCUT2D eigenvalue weighted by atomic mass is 19.4. The number of nitrogens with zero attached hydrogens (tertiary/aromatic N) is 2. The number of H-pyrrole nitrogens is 2. The molecule has 11 heteroatoms. The zero-order valence-corrected chi connectivity index (χ0v) is 15.8. The fourth-order valence-electron chi connectivity index (χ4n) is 2.99. The second kappa shape index (κ2) is 7.33. The molecule has 0 aliphatic rings. The minimum absolute atomic E-state index is 0.0736. The van der Waals surface area contributed by atoms with E-state index in [9.17, 15) is 26.3 Å². The van der Waals surface area contributed by atoms with Crippen LogP contribution in [0.15, 0.2) is 48.8 Å². The van der Waals surface area contributed by atoms with Crippen molar-refractivity contribution in [2.75, 3.05) is 0 Å². The number of aromatic nitrogens is 4. The summed E-state index contributed by atoms with van der Waals surface area (Å²) in [5.41, 5.74) is 1.75. The molecule has 2 aromatic heterocycles. The monoisotopic (exact) mass is 440 g/mol. The van der Waals surface area contributed by atoms with Crippen LogP contribution in [-0.2, 0) is 6.18 Å². The second-order valence-electron chi connectivity index (χ2n) is 6.81. The fraction of sp³-hybridized carbons (Fsp3) is 0.200. The van der Waals surface area contributed by atoms with Gasteiger partial charge in [-0.2, -0.15) is 31.4 Å². The molecule has 4 aromatic rings. The van der Waals surface area contributed by atoms with Crippen LogP contribution in [0, 0.1) is 0 Å². The number of aromatic amines is 2. The minimum Gasteiger partial charge on any atom is -0.481 e. The molecule has 31 heavy (non-hydrogen) atoms. The topological polar surface area (TPSA) is 66.6 Å². The maximum atomic E-state index is 13.5. The van der Waals surface area contributed by atoms with Crippen molar-refractivity contribution in [1.29, 1.82) is 0 Å². The van der Waals surface area contributed by atoms with Gasteiger partial charge in [0, 0.05) is 11.1 Å². The Kier molecular flexibility index (Phi) is 4.91. The lowest BCUT2D eigenvalue weighted by atomic mass is 10.0. The largest absolute Gasteiger partial charge is 0.481 e. The first-order chi connectivity index (χ1) is 14.5. The van der Waals surface area contributed by atoms with Crippen molar-refractivity contribution in [3.05, 3.63) is 54.4 Å². The van der Waals surface area contributed by atoms with E-state index in [1.165, 1.54) is 12.4 Å². The lowest BCUT2D eigenvalue weighted by molar-refractivity contribution is -0.191. The molecule has 0 unspecified atom stereocenters. The highest BCUT2D eigenvalue weighted by Crippen LogP contribution is 2.40. The summed E-state index contributed by atoms with van der Waals surface area (Å²) < 4.78 is 83.2. The molecule has 2 aromatic carbocycles. The van der Waals surface area contributed by atoms with Crippen LogP contribution in [0.1, 0.15) is 12.5 Å². The van der Waals surface area contributed by atoms with Gasteiger partial charge in [-0.25, -0.2) is 4.98 Å². The Morgan fingerprint density at radius 3 is 2.39 bits per heavy atom. The van der Waals surface area contributed by atoms with E-state index in [1.807, 2.05) is 0 Å². The van der Waals surface area contributed by atoms with Gasteiger partial charge in [0.25, 0.3) is 0 Å². The van der Waals surface area contributed by atoms with Crippen LogP contribution >= 0.6 is 0 Å². The van der Waals surface area contributed by atoms with Crippen molar-refractivity contribution in [3.63, 3.8) is 0 Å². The van der Waals surface area contributed by atoms with Crippen LogP contribution in [0.3, 0.4) is 0 Å². The lowest BCUT2D eigenvalue weighted by Gasteiger charge is -2.21. The van der Waals surface area contributed by atoms with E-state index in [-0.39, 0.29) is 11.3 Å². The molecule has 2 heterocycles. The van der Waals surface area contributed by atoms with Crippen molar-refractivity contribution in [1.82, 2.24) is 20.2 Å². The lowest BCUT2D eigenvalue weighted by Crippen LogP contribution is -2.31. The molecule has 4 rings (SSSR count). The summed E-state index contributed by atoms with van der Waals surface area (Å²) in [5.74, 6) is -0.901. The third-order valence-corrected chi connectivity index (χ3v) is 4.65. The number of hydrogen-bond donors (Lipinski definition) is 2. The van der Waals surface area contributed by atoms with Crippen molar-refractivity contribution < 1.29 is 31.1 Å². The minimum atomic E-state index is -4.92. The van der Waals surface area contributed by atoms with Crippen molar-refractivity contribution in [2.45, 2.75) is 25.4 Å². The van der Waals surface area contributed by atoms with Crippen molar-refractivity contribution in [3.8, 4) is 28.3 Å². The van der Waals surface area contributed by atoms with Gasteiger partial charge >= 0.3 is 12.4 Å². The first kappa shape index (κ1) is 20.8. The van der Waals surface area contributed by atoms with Gasteiger partial charge in [-0.3, -0.25) is 5.10 Å². The fourth-order valence-corrected chi connectivity index (χ4v) is 2.99. The smallest absolute Gasteiger partial charge is 0.425 e. The summed E-state index contributed by atoms with van der Waals surface area (Å²) in [7, 11) is 0. The molecule has 0 fully saturated rings. The van der Waals surface area contributed by atoms with Crippen LogP contribution < -0.4 is 4.74 Å². The van der Waals surface area contributed by atoms with E-state index in [0.717, 1.165) is 28.7 Å². The standard InChI is InChI=1S/C20H14F6N4O/c1-10(19(21,22)23)31-18-5-3-11(6-13(18)20(24,25)26)15-8-16(30-29-15)12-2-4-14-17(7-12)28-9-27-14/h2-10H,1H3,(H,27,28)(H,29,30)/t10-/m1/s1. The zero-order valence-electron chi connectivity index (χ0n) is 15.8. The second-order valence-corrected chi connectivity index (χ2v) is 6.81. The molecule has 0 amide bonds. The highest BCUT2D eigenvalue weighted by Gasteiger charge is 2.41. The highest BCUT2D eigenvalue weighted by molar-refractivity contribution is 5.81. The number of nitrogens with one attached hydrogen (secondary N) is 2. The molecule has 0 saturated heterocycles. The predicted molar refractivity (Wildman–Crippen MR) is 100 cm³/mol. The third-order valence-electron chi connectivity index (χ3n) is 4.65. The summed E-state index contributed by atoms with van der Waals surface area (Å²) in [5, 5.41) is 6.80. The van der Waals surface area contributed by atoms with Crippen molar-refractivity contribution in [2.24, 2.45) is 0 Å². The first-order valence-electron chi connectivity index (χ1n) is 8.96. The Labute approximate surface area is 171 Å². The number of benzene rings is 2. The summed E-state index contributed by atoms with van der Waals surface area (Å²) >= 11 is 0. The molecule has 0 spiro atoms. The molecular formula is C20H14F6N4O. The van der Waals surface area contributed by atoms with E-state index in [1.54, 1.807) is 24.3 Å². The van der Waals surface area contributed by atoms with E-state index in [4.69, 9.17) is 0 Å². The SMILES string of the molecule is C[C@@H](Oc1ccc(-c2cc(-c3ccc4nc[nH]c4c3)[nH]n2)cc1C(F)(F)F)C(F)(F)F. The Morgan fingerprint density at radius 1 is 0.935 bits per heavy atom. The Morgan fingerprint density at radius 2 is 1.68 bits per heavy atom. The van der Waals surface area contributed by atoms with Gasteiger partial charge in [-0.15, -0.1) is 0 Å². The summed E-state index contributed by atoms with van der Waals surface area (Å²) in [6, 6.07) is 9.71. The van der Waals surface area contributed by atoms with Crippen LogP contribution in [0.4, 0.5) is 26.3 Å². The van der Waals surface area contributed by atoms with E-state index < -0.39 is 29.8 Å². The van der Waals surface area contributed by atoms with Gasteiger partial charge in [0.1, 0.15) is 5.75 Å². The molecule has 0 saturated carbocycles. The molecule has 0 radical (unpaired) electrons. The first-order valence-corrected chi connectivity index (χ1v) is 8.96. The molecule has 162 valence electrons. The van der Waals surface area contributed by atoms with E-state index in [0.29, 0.717) is 12.6 Å². The average molecular weight is 440 g/mol. The number of ether oxygens (including phenoxy) is 1. The summed E-state index contributed by atoms with van der Waals surface area (Å²) in [6.45, 7) is 0.643. The van der Waals surface area contributed by atoms with Crippen LogP contribution in [0.5, 0.6) is 5.75 Å². The Bertz CT molecular complexity index is 1220. The maximum absolute atomic E-state index is 13.5. The Balaban J connectivity index is 1.68. The number of alkyl halides is 6. The molecule has 5 nitrogen and oxygen atoms in total. The average Bonchev–Trinajstić information content (AvgIpc) is 3.35. The summed E-state index contributed by atoms with van der Waals surface area (Å²) in [6.07, 6.45) is -10.6. The number of halogens is 6. The van der Waals surface area contributed by atoms with Gasteiger partial charge in [0.2, 0.25) is 0 Å². The summed E-state index contributed by atoms with van der Waals surface area (Å²) in [4.78, 5) is 7.07. The predicted octanol–water partition coefficient (Wildman–Crippen LogP) is 5.97. The quantitative estimate of drug-likeness (QED) is 0.385. The van der Waals surface area contributed by atoms with Crippen LogP contribution in [-0.4, -0.2) is 32.4 Å². The Hall–Kier alpha value is -3.50. The number of fused-ring (bicyclic) bond motifs is 1. The van der Waals surface area contributed by atoms with Crippen LogP contribution in [0.25, 0.3) is 33.5 Å². The number of hydrogen-bond acceptors (Lipinski definition) is 3. The van der Waals surface area contributed by atoms with Gasteiger partial charge < -0.3 is 9.72 Å². The maximum Gasteiger partial charge on any atom is 0.425 e. The van der Waals surface area contributed by atoms with E-state index >= 15 is 0 Å². The normalized spacial score (nSPS) is 13.5. The van der Waals surface area contributed by atoms with Gasteiger partial charge in [-0.1, -0.05) is 6.07 Å². The molecule has 0 bridgehead atoms. The van der Waals surface area contributed by atoms with Gasteiger partial charge in [0.05, 0.1) is 34.3 Å². The molecule has 0 aliphatic heterocycles. The van der Waals surface area contributed by atoms with Gasteiger partial charge in [0.15, 0.2) is 6.10 Å². The molecule has 1 atom stereocenters. The molecule has 2 N–H and O–H groups in total. The number of rotatable bonds is 4. The molecular weight excluding hydrogens is 426 g/mol. The van der Waals surface area contributed by atoms with E-state index in [2.05, 4.69) is 24.9 Å². The van der Waals surface area contributed by atoms with Gasteiger partial charge in [-0.05, 0) is 43.3 Å². The molecule has 0 aliphatic carbocycles.